The molecule has 0 unspecified atom stereocenters. The van der Waals surface area contributed by atoms with E-state index in [1.165, 1.54) is 4.57 Å². The molecule has 1 aromatic heterocycles. The maximum Gasteiger partial charge on any atom is 0.274 e. The van der Waals surface area contributed by atoms with Crippen molar-refractivity contribution in [2.24, 2.45) is 0 Å². The van der Waals surface area contributed by atoms with Gasteiger partial charge in [-0.1, -0.05) is 30.3 Å². The lowest BCUT2D eigenvalue weighted by Crippen LogP contribution is -2.52. The molecule has 1 spiro atoms. The number of carbonyl (C=O) groups is 2. The molecule has 1 fully saturated rings. The molecule has 11 heteroatoms. The van der Waals surface area contributed by atoms with E-state index in [1.54, 1.807) is 35.2 Å². The van der Waals surface area contributed by atoms with Gasteiger partial charge < -0.3 is 19.5 Å². The summed E-state index contributed by atoms with van der Waals surface area (Å²) in [6.45, 7) is -0.113. The van der Waals surface area contributed by atoms with Crippen LogP contribution in [-0.2, 0) is 18.7 Å². The van der Waals surface area contributed by atoms with E-state index in [9.17, 15) is 27.6 Å². The predicted molar refractivity (Wildman–Crippen MR) is 135 cm³/mol. The Morgan fingerprint density at radius 2 is 1.80 bits per heavy atom. The van der Waals surface area contributed by atoms with Gasteiger partial charge in [-0.05, 0) is 24.8 Å². The second kappa shape index (κ2) is 9.79. The molecule has 2 bridgehead atoms. The number of amides is 2. The number of halogens is 4. The molecule has 7 nitrogen and oxygen atoms in total. The van der Waals surface area contributed by atoms with Crippen molar-refractivity contribution in [2.75, 3.05) is 13.1 Å². The highest BCUT2D eigenvalue weighted by atomic mass is 19.1. The van der Waals surface area contributed by atoms with Crippen LogP contribution in [0.2, 0.25) is 0 Å². The van der Waals surface area contributed by atoms with Gasteiger partial charge in [-0.2, -0.15) is 0 Å². The molecule has 1 saturated heterocycles. The van der Waals surface area contributed by atoms with Crippen LogP contribution >= 0.6 is 0 Å². The first-order chi connectivity index (χ1) is 19.2. The Balaban J connectivity index is 1.48. The van der Waals surface area contributed by atoms with Crippen molar-refractivity contribution < 1.29 is 31.9 Å². The number of fused-ring (bicyclic) bond motifs is 1. The standard InChI is InChI=1S/C29H25F4N3O4/c30-17-10-19(31)18(20(32)11-17)13-34-27(38)22-23-21(33)12-29-8-4-5-9-35(15-29)28(39)24(36(23)29)26(25(22)37)40-14-16-6-2-1-3-7-16/h1-3,6-7,10-11,21H,4-5,8-9,12-15H2,(H,34,38)/t21-,29+/m0/s1. The fraction of sp³-hybridized carbons (Fsp3) is 0.345. The SMILES string of the molecule is O=C(NCc1c(F)cc(F)cc1F)c1c2n3c(c(OCc4ccccc4)c1=O)C(=O)N1CCCC[C@@]3(C[C@@H]2F)C1. The Morgan fingerprint density at radius 1 is 1.07 bits per heavy atom. The van der Waals surface area contributed by atoms with Gasteiger partial charge >= 0.3 is 0 Å². The average Bonchev–Trinajstić information content (AvgIpc) is 3.06. The lowest BCUT2D eigenvalue weighted by atomic mass is 9.88. The predicted octanol–water partition coefficient (Wildman–Crippen LogP) is 4.52. The fourth-order valence-corrected chi connectivity index (χ4v) is 6.20. The Labute approximate surface area is 226 Å². The van der Waals surface area contributed by atoms with Gasteiger partial charge in [0.25, 0.3) is 11.8 Å². The van der Waals surface area contributed by atoms with Crippen LogP contribution in [0.1, 0.15) is 69.5 Å². The summed E-state index contributed by atoms with van der Waals surface area (Å²) < 4.78 is 65.0. The number of rotatable bonds is 6. The van der Waals surface area contributed by atoms with E-state index in [0.29, 0.717) is 43.5 Å². The van der Waals surface area contributed by atoms with E-state index in [2.05, 4.69) is 5.32 Å². The number of pyridine rings is 1. The Morgan fingerprint density at radius 3 is 2.52 bits per heavy atom. The third-order valence-corrected chi connectivity index (χ3v) is 7.98. The van der Waals surface area contributed by atoms with Crippen LogP contribution in [0.5, 0.6) is 5.75 Å². The van der Waals surface area contributed by atoms with Crippen molar-refractivity contribution in [3.8, 4) is 5.75 Å². The van der Waals surface area contributed by atoms with Gasteiger partial charge in [0.2, 0.25) is 5.43 Å². The number of aromatic nitrogens is 1. The second-order valence-corrected chi connectivity index (χ2v) is 10.5. The third-order valence-electron chi connectivity index (χ3n) is 7.98. The number of nitrogens with one attached hydrogen (secondary N) is 1. The highest BCUT2D eigenvalue weighted by molar-refractivity contribution is 6.01. The number of hydrogen-bond donors (Lipinski definition) is 1. The summed E-state index contributed by atoms with van der Waals surface area (Å²) in [6, 6.07) is 9.83. The summed E-state index contributed by atoms with van der Waals surface area (Å²) in [5, 5.41) is 2.28. The quantitative estimate of drug-likeness (QED) is 0.454. The number of nitrogens with zero attached hydrogens (tertiary/aromatic N) is 2. The normalized spacial score (nSPS) is 21.1. The zero-order valence-electron chi connectivity index (χ0n) is 21.3. The van der Waals surface area contributed by atoms with Crippen molar-refractivity contribution in [1.82, 2.24) is 14.8 Å². The fourth-order valence-electron chi connectivity index (χ4n) is 6.20. The molecule has 3 aromatic rings. The van der Waals surface area contributed by atoms with Gasteiger partial charge in [-0.3, -0.25) is 14.4 Å². The molecule has 6 rings (SSSR count). The molecule has 4 heterocycles. The Bertz CT molecular complexity index is 1570. The van der Waals surface area contributed by atoms with Crippen molar-refractivity contribution in [1.29, 1.82) is 0 Å². The number of ether oxygens (including phenoxy) is 1. The Kier molecular flexibility index (Phi) is 6.39. The molecule has 2 aromatic carbocycles. The molecular formula is C29H25F4N3O4. The van der Waals surface area contributed by atoms with Crippen molar-refractivity contribution >= 4 is 11.8 Å². The van der Waals surface area contributed by atoms with Gasteiger partial charge in [0.05, 0.1) is 11.2 Å². The zero-order valence-corrected chi connectivity index (χ0v) is 21.3. The molecule has 40 heavy (non-hydrogen) atoms. The summed E-state index contributed by atoms with van der Waals surface area (Å²) in [5.41, 5.74) is -2.67. The molecule has 0 radical (unpaired) electrons. The second-order valence-electron chi connectivity index (χ2n) is 10.5. The molecule has 208 valence electrons. The minimum absolute atomic E-state index is 0.0349. The summed E-state index contributed by atoms with van der Waals surface area (Å²) in [5.74, 6) is -5.49. The molecule has 2 atom stereocenters. The molecule has 2 amide bonds. The smallest absolute Gasteiger partial charge is 0.274 e. The Hall–Kier alpha value is -4.15. The van der Waals surface area contributed by atoms with Crippen LogP contribution in [0.3, 0.4) is 0 Å². The number of alkyl halides is 1. The van der Waals surface area contributed by atoms with Gasteiger partial charge in [0, 0.05) is 43.8 Å². The van der Waals surface area contributed by atoms with E-state index in [4.69, 9.17) is 4.74 Å². The van der Waals surface area contributed by atoms with E-state index in [-0.39, 0.29) is 36.7 Å². The van der Waals surface area contributed by atoms with E-state index >= 15 is 4.39 Å². The molecule has 3 aliphatic rings. The molecule has 3 aliphatic heterocycles. The van der Waals surface area contributed by atoms with Crippen molar-refractivity contribution in [2.45, 2.75) is 50.5 Å². The number of hydrogen-bond acceptors (Lipinski definition) is 4. The van der Waals surface area contributed by atoms with Crippen molar-refractivity contribution in [3.63, 3.8) is 0 Å². The van der Waals surface area contributed by atoms with Crippen LogP contribution in [0.4, 0.5) is 17.6 Å². The average molecular weight is 556 g/mol. The first-order valence-electron chi connectivity index (χ1n) is 13.1. The van der Waals surface area contributed by atoms with Gasteiger partial charge in [0.1, 0.15) is 35.8 Å². The number of benzene rings is 2. The van der Waals surface area contributed by atoms with Gasteiger partial charge in [0.15, 0.2) is 11.4 Å². The van der Waals surface area contributed by atoms with Gasteiger partial charge in [-0.25, -0.2) is 17.6 Å². The highest BCUT2D eigenvalue weighted by Crippen LogP contribution is 2.51. The van der Waals surface area contributed by atoms with Crippen LogP contribution in [0.25, 0.3) is 0 Å². The topological polar surface area (TPSA) is 80.6 Å². The summed E-state index contributed by atoms with van der Waals surface area (Å²) >= 11 is 0. The maximum absolute atomic E-state index is 15.9. The van der Waals surface area contributed by atoms with E-state index in [1.807, 2.05) is 0 Å². The molecule has 1 N–H and O–H groups in total. The summed E-state index contributed by atoms with van der Waals surface area (Å²) in [7, 11) is 0. The third kappa shape index (κ3) is 4.15. The molecule has 0 saturated carbocycles. The lowest BCUT2D eigenvalue weighted by molar-refractivity contribution is 0.0568. The lowest BCUT2D eigenvalue weighted by Gasteiger charge is -2.42. The van der Waals surface area contributed by atoms with Crippen molar-refractivity contribution in [3.05, 3.63) is 98.2 Å². The first-order valence-corrected chi connectivity index (χ1v) is 13.1. The largest absolute Gasteiger partial charge is 0.483 e. The first kappa shape index (κ1) is 26.1. The van der Waals surface area contributed by atoms with Gasteiger partial charge in [-0.15, -0.1) is 0 Å². The monoisotopic (exact) mass is 555 g/mol. The summed E-state index contributed by atoms with van der Waals surface area (Å²) in [4.78, 5) is 42.5. The number of carbonyl (C=O) groups excluding carboxylic acids is 2. The highest BCUT2D eigenvalue weighted by Gasteiger charge is 2.54. The minimum Gasteiger partial charge on any atom is -0.483 e. The molecule has 0 aliphatic carbocycles. The zero-order chi connectivity index (χ0) is 28.2. The molecular weight excluding hydrogens is 530 g/mol. The minimum atomic E-state index is -1.74. The van der Waals surface area contributed by atoms with Crippen LogP contribution < -0.4 is 15.5 Å². The van der Waals surface area contributed by atoms with E-state index in [0.717, 1.165) is 0 Å². The summed E-state index contributed by atoms with van der Waals surface area (Å²) in [6.07, 6.45) is 0.186. The van der Waals surface area contributed by atoms with Crippen LogP contribution in [0, 0.1) is 17.5 Å². The van der Waals surface area contributed by atoms with Crippen LogP contribution in [-0.4, -0.2) is 34.4 Å². The maximum atomic E-state index is 15.9. The van der Waals surface area contributed by atoms with E-state index < -0.39 is 64.1 Å². The van der Waals surface area contributed by atoms with Crippen LogP contribution in [0.15, 0.2) is 47.3 Å².